The van der Waals surface area contributed by atoms with Gasteiger partial charge in [-0.25, -0.2) is 9.50 Å². The Morgan fingerprint density at radius 3 is 2.88 bits per heavy atom. The fourth-order valence-corrected chi connectivity index (χ4v) is 2.91. The number of rotatable bonds is 4. The number of hydrogen-bond donors (Lipinski definition) is 1. The summed E-state index contributed by atoms with van der Waals surface area (Å²) >= 11 is 6.35. The topological polar surface area (TPSA) is 72.9 Å². The molecule has 0 atom stereocenters. The molecule has 1 aromatic carbocycles. The molecule has 1 N–H and O–H groups in total. The molecule has 4 aromatic rings. The van der Waals surface area contributed by atoms with Crippen LogP contribution in [-0.2, 0) is 13.5 Å². The molecule has 4 rings (SSSR count). The Morgan fingerprint density at radius 1 is 1.25 bits per heavy atom. The molecule has 0 aliphatic carbocycles. The van der Waals surface area contributed by atoms with Crippen molar-refractivity contribution in [3.05, 3.63) is 47.1 Å². The summed E-state index contributed by atoms with van der Waals surface area (Å²) in [6.45, 7) is 2.58. The van der Waals surface area contributed by atoms with Gasteiger partial charge in [0.15, 0.2) is 5.65 Å². The molecule has 3 heterocycles. The second-order valence-corrected chi connectivity index (χ2v) is 6.03. The molecule has 0 saturated heterocycles. The highest BCUT2D eigenvalue weighted by molar-refractivity contribution is 6.34. The Kier molecular flexibility index (Phi) is 3.57. The second kappa shape index (κ2) is 5.76. The number of fused-ring (bicyclic) bond motifs is 3. The summed E-state index contributed by atoms with van der Waals surface area (Å²) in [5, 5.41) is 17.4. The first kappa shape index (κ1) is 14.9. The van der Waals surface area contributed by atoms with Crippen LogP contribution in [0.1, 0.15) is 11.5 Å². The number of nitrogens with zero attached hydrogens (tertiary/aromatic N) is 6. The zero-order valence-electron chi connectivity index (χ0n) is 13.4. The Balaban J connectivity index is 1.73. The van der Waals surface area contributed by atoms with E-state index in [1.807, 2.05) is 42.8 Å². The van der Waals surface area contributed by atoms with Crippen molar-refractivity contribution in [1.29, 1.82) is 0 Å². The average Bonchev–Trinajstić information content (AvgIpc) is 3.12. The largest absolute Gasteiger partial charge is 0.369 e. The van der Waals surface area contributed by atoms with Crippen molar-refractivity contribution in [3.8, 4) is 0 Å². The minimum atomic E-state index is 0.581. The molecule has 0 fully saturated rings. The lowest BCUT2D eigenvalue weighted by molar-refractivity contribution is 0.787. The van der Waals surface area contributed by atoms with Crippen molar-refractivity contribution in [3.63, 3.8) is 0 Å². The molecule has 0 unspecified atom stereocenters. The number of para-hydroxylation sites is 1. The Bertz CT molecular complexity index is 1030. The fourth-order valence-electron chi connectivity index (χ4n) is 2.75. The number of nitrogens with one attached hydrogen (secondary N) is 1. The van der Waals surface area contributed by atoms with Gasteiger partial charge in [0.05, 0.1) is 11.2 Å². The molecule has 0 spiro atoms. The predicted octanol–water partition coefficient (Wildman–Crippen LogP) is 2.63. The molecular weight excluding hydrogens is 326 g/mol. The molecule has 0 bridgehead atoms. The van der Waals surface area contributed by atoms with Crippen molar-refractivity contribution >= 4 is 34.0 Å². The average molecular weight is 342 g/mol. The number of halogens is 1. The lowest BCUT2D eigenvalue weighted by atomic mass is 10.2. The van der Waals surface area contributed by atoms with Crippen LogP contribution in [0.15, 0.2) is 30.6 Å². The number of hydrogen-bond acceptors (Lipinski definition) is 5. The van der Waals surface area contributed by atoms with Gasteiger partial charge in [0.2, 0.25) is 0 Å². The zero-order valence-corrected chi connectivity index (χ0v) is 14.1. The normalized spacial score (nSPS) is 11.5. The Labute approximate surface area is 143 Å². The van der Waals surface area contributed by atoms with Crippen LogP contribution in [-0.4, -0.2) is 35.9 Å². The van der Waals surface area contributed by atoms with E-state index in [9.17, 15) is 0 Å². The number of anilines is 1. The number of aromatic nitrogens is 6. The summed E-state index contributed by atoms with van der Waals surface area (Å²) in [6.07, 6.45) is 2.45. The highest BCUT2D eigenvalue weighted by Gasteiger charge is 2.14. The van der Waals surface area contributed by atoms with Crippen molar-refractivity contribution in [1.82, 2.24) is 29.4 Å². The number of aryl methyl sites for hydroxylation is 2. The Morgan fingerprint density at radius 2 is 2.08 bits per heavy atom. The van der Waals surface area contributed by atoms with E-state index in [4.69, 9.17) is 11.6 Å². The fraction of sp³-hybridized carbons (Fsp3) is 0.250. The third-order valence-corrected chi connectivity index (χ3v) is 4.46. The third-order valence-electron chi connectivity index (χ3n) is 4.02. The van der Waals surface area contributed by atoms with Crippen molar-refractivity contribution in [2.24, 2.45) is 7.05 Å². The molecule has 24 heavy (non-hydrogen) atoms. The maximum Gasteiger partial charge on any atom is 0.176 e. The molecule has 0 aliphatic rings. The van der Waals surface area contributed by atoms with Gasteiger partial charge in [-0.3, -0.25) is 0 Å². The van der Waals surface area contributed by atoms with Gasteiger partial charge in [0, 0.05) is 25.4 Å². The summed E-state index contributed by atoms with van der Waals surface area (Å²) in [7, 11) is 1.93. The molecule has 7 nitrogen and oxygen atoms in total. The SMILES string of the molecule is Cc1nn2c(nc(NCCc3nncn3C)c3ccccc32)c1Cl. The molecule has 3 aromatic heterocycles. The highest BCUT2D eigenvalue weighted by atomic mass is 35.5. The van der Waals surface area contributed by atoms with Crippen LogP contribution < -0.4 is 5.32 Å². The summed E-state index contributed by atoms with van der Waals surface area (Å²) in [4.78, 5) is 4.68. The minimum Gasteiger partial charge on any atom is -0.369 e. The molecule has 0 radical (unpaired) electrons. The first-order valence-corrected chi connectivity index (χ1v) is 8.03. The van der Waals surface area contributed by atoms with Crippen LogP contribution in [0.3, 0.4) is 0 Å². The van der Waals surface area contributed by atoms with Gasteiger partial charge in [-0.05, 0) is 19.1 Å². The van der Waals surface area contributed by atoms with E-state index in [1.54, 1.807) is 10.8 Å². The van der Waals surface area contributed by atoms with Crippen LogP contribution in [0.25, 0.3) is 16.6 Å². The van der Waals surface area contributed by atoms with Crippen LogP contribution in [0.4, 0.5) is 5.82 Å². The molecular formula is C16H16ClN7. The van der Waals surface area contributed by atoms with E-state index in [2.05, 4.69) is 25.6 Å². The standard InChI is InChI=1S/C16H16ClN7/c1-10-14(17)16-20-15(18-8-7-13-21-19-9-23(13)2)11-5-3-4-6-12(11)24(16)22-10/h3-6,9H,7-8H2,1-2H3,(H,18,20). The molecule has 8 heteroatoms. The first-order chi connectivity index (χ1) is 11.6. The molecule has 0 amide bonds. The molecule has 0 aliphatic heterocycles. The Hall–Kier alpha value is -2.67. The minimum absolute atomic E-state index is 0.581. The number of benzene rings is 1. The summed E-state index contributed by atoms with van der Waals surface area (Å²) in [5.74, 6) is 1.72. The quantitative estimate of drug-likeness (QED) is 0.617. The van der Waals surface area contributed by atoms with E-state index < -0.39 is 0 Å². The predicted molar refractivity (Wildman–Crippen MR) is 93.4 cm³/mol. The maximum atomic E-state index is 6.35. The van der Waals surface area contributed by atoms with Gasteiger partial charge in [0.25, 0.3) is 0 Å². The third kappa shape index (κ3) is 2.37. The second-order valence-electron chi connectivity index (χ2n) is 5.65. The smallest absolute Gasteiger partial charge is 0.176 e. The van der Waals surface area contributed by atoms with E-state index in [0.717, 1.165) is 34.7 Å². The van der Waals surface area contributed by atoms with E-state index in [-0.39, 0.29) is 0 Å². The lowest BCUT2D eigenvalue weighted by Crippen LogP contribution is -2.10. The van der Waals surface area contributed by atoms with E-state index in [0.29, 0.717) is 17.2 Å². The zero-order chi connectivity index (χ0) is 16.7. The van der Waals surface area contributed by atoms with Crippen LogP contribution in [0, 0.1) is 6.92 Å². The van der Waals surface area contributed by atoms with E-state index in [1.165, 1.54) is 0 Å². The first-order valence-electron chi connectivity index (χ1n) is 7.65. The molecule has 122 valence electrons. The van der Waals surface area contributed by atoms with Gasteiger partial charge in [-0.2, -0.15) is 5.10 Å². The van der Waals surface area contributed by atoms with Gasteiger partial charge < -0.3 is 9.88 Å². The highest BCUT2D eigenvalue weighted by Crippen LogP contribution is 2.28. The van der Waals surface area contributed by atoms with E-state index >= 15 is 0 Å². The molecule has 0 saturated carbocycles. The summed E-state index contributed by atoms with van der Waals surface area (Å²) in [5.41, 5.74) is 2.40. The monoisotopic (exact) mass is 341 g/mol. The van der Waals surface area contributed by atoms with Crippen LogP contribution in [0.5, 0.6) is 0 Å². The van der Waals surface area contributed by atoms with Crippen LogP contribution >= 0.6 is 11.6 Å². The summed E-state index contributed by atoms with van der Waals surface area (Å²) in [6, 6.07) is 8.01. The lowest BCUT2D eigenvalue weighted by Gasteiger charge is -2.10. The maximum absolute atomic E-state index is 6.35. The van der Waals surface area contributed by atoms with Gasteiger partial charge in [-0.15, -0.1) is 10.2 Å². The van der Waals surface area contributed by atoms with Gasteiger partial charge in [-0.1, -0.05) is 23.7 Å². The van der Waals surface area contributed by atoms with Crippen LogP contribution in [0.2, 0.25) is 5.02 Å². The van der Waals surface area contributed by atoms with Crippen molar-refractivity contribution in [2.75, 3.05) is 11.9 Å². The summed E-state index contributed by atoms with van der Waals surface area (Å²) < 4.78 is 3.70. The van der Waals surface area contributed by atoms with Gasteiger partial charge in [0.1, 0.15) is 23.0 Å². The van der Waals surface area contributed by atoms with Gasteiger partial charge >= 0.3 is 0 Å². The van der Waals surface area contributed by atoms with Crippen molar-refractivity contribution in [2.45, 2.75) is 13.3 Å². The van der Waals surface area contributed by atoms with Crippen molar-refractivity contribution < 1.29 is 0 Å².